The molecule has 3 N–H and O–H groups in total. The summed E-state index contributed by atoms with van der Waals surface area (Å²) in [7, 11) is 0. The minimum atomic E-state index is -0.571. The van der Waals surface area contributed by atoms with E-state index in [4.69, 9.17) is 10.2 Å². The maximum Gasteiger partial charge on any atom is 0.277 e. The number of primary amides is 1. The van der Waals surface area contributed by atoms with Gasteiger partial charge in [0.25, 0.3) is 17.0 Å². The Morgan fingerprint density at radius 1 is 1.43 bits per heavy atom. The quantitative estimate of drug-likeness (QED) is 0.571. The molecule has 4 rings (SSSR count). The van der Waals surface area contributed by atoms with Gasteiger partial charge in [0.05, 0.1) is 16.2 Å². The summed E-state index contributed by atoms with van der Waals surface area (Å²) in [5.74, 6) is 0.457. The Morgan fingerprint density at radius 3 is 3.11 bits per heavy atom. The van der Waals surface area contributed by atoms with Crippen LogP contribution in [0.15, 0.2) is 27.2 Å². The van der Waals surface area contributed by atoms with Crippen LogP contribution in [-0.4, -0.2) is 27.8 Å². The molecular weight excluding hydrogens is 416 g/mol. The zero-order valence-electron chi connectivity index (χ0n) is 15.1. The molecule has 0 aromatic carbocycles. The molecule has 3 heterocycles. The topological polar surface area (TPSA) is 111 Å². The largest absolute Gasteiger partial charge is 0.410 e. The van der Waals surface area contributed by atoms with Gasteiger partial charge in [-0.2, -0.15) is 0 Å². The lowest BCUT2D eigenvalue weighted by atomic mass is 9.90. The van der Waals surface area contributed by atoms with E-state index < -0.39 is 5.91 Å². The Hall–Kier alpha value is -2.17. The van der Waals surface area contributed by atoms with Crippen LogP contribution in [-0.2, 0) is 17.6 Å². The summed E-state index contributed by atoms with van der Waals surface area (Å²) in [5.41, 5.74) is 6.97. The number of aromatic nitrogens is 2. The number of hydrogen-bond donors (Lipinski definition) is 2. The number of nitrogens with zero attached hydrogens (tertiary/aromatic N) is 2. The molecule has 1 unspecified atom stereocenters. The second-order valence-electron chi connectivity index (χ2n) is 6.64. The number of thioether (sulfide) groups is 1. The zero-order chi connectivity index (χ0) is 19.7. The maximum atomic E-state index is 12.1. The third kappa shape index (κ3) is 4.13. The molecule has 0 saturated carbocycles. The standard InChI is InChI=1S/C18H18N4O3S3/c1-9-2-3-10-7-13(28-12(10)6-9)16-21-22-18(25-16)27-8-14(23)20-17-11(15(19)24)4-5-26-17/h4-5,7,9H,2-3,6,8H2,1H3,(H2,19,24)(H,20,23). The lowest BCUT2D eigenvalue weighted by Gasteiger charge is -2.16. The van der Waals surface area contributed by atoms with Crippen molar-refractivity contribution in [3.63, 3.8) is 0 Å². The Balaban J connectivity index is 1.37. The summed E-state index contributed by atoms with van der Waals surface area (Å²) in [4.78, 5) is 25.8. The summed E-state index contributed by atoms with van der Waals surface area (Å²) < 4.78 is 5.72. The minimum absolute atomic E-state index is 0.0934. The number of fused-ring (bicyclic) bond motifs is 1. The number of nitrogens with one attached hydrogen (secondary N) is 1. The van der Waals surface area contributed by atoms with Gasteiger partial charge in [-0.3, -0.25) is 9.59 Å². The number of nitrogens with two attached hydrogens (primary N) is 1. The smallest absolute Gasteiger partial charge is 0.277 e. The van der Waals surface area contributed by atoms with Crippen LogP contribution in [0.2, 0.25) is 0 Å². The molecule has 28 heavy (non-hydrogen) atoms. The van der Waals surface area contributed by atoms with Gasteiger partial charge < -0.3 is 15.5 Å². The molecule has 0 radical (unpaired) electrons. The number of carbonyl (C=O) groups excluding carboxylic acids is 2. The molecule has 0 aliphatic heterocycles. The van der Waals surface area contributed by atoms with Gasteiger partial charge in [0, 0.05) is 4.88 Å². The van der Waals surface area contributed by atoms with Gasteiger partial charge in [0.15, 0.2) is 0 Å². The second-order valence-corrected chi connectivity index (χ2v) is 9.62. The van der Waals surface area contributed by atoms with Gasteiger partial charge >= 0.3 is 0 Å². The number of hydrogen-bond acceptors (Lipinski definition) is 8. The monoisotopic (exact) mass is 434 g/mol. The first-order valence-corrected chi connectivity index (χ1v) is 11.4. The van der Waals surface area contributed by atoms with Crippen molar-refractivity contribution in [2.24, 2.45) is 11.7 Å². The van der Waals surface area contributed by atoms with E-state index in [1.807, 2.05) is 0 Å². The Morgan fingerprint density at radius 2 is 2.29 bits per heavy atom. The first kappa shape index (κ1) is 19.2. The molecule has 0 spiro atoms. The lowest BCUT2D eigenvalue weighted by Crippen LogP contribution is -2.17. The molecule has 1 atom stereocenters. The van der Waals surface area contributed by atoms with E-state index in [-0.39, 0.29) is 11.7 Å². The zero-order valence-corrected chi connectivity index (χ0v) is 17.5. The predicted octanol–water partition coefficient (Wildman–Crippen LogP) is 3.81. The van der Waals surface area contributed by atoms with Crippen LogP contribution >= 0.6 is 34.4 Å². The van der Waals surface area contributed by atoms with Crippen LogP contribution in [0.3, 0.4) is 0 Å². The van der Waals surface area contributed by atoms with E-state index in [0.717, 1.165) is 29.5 Å². The van der Waals surface area contributed by atoms with E-state index in [1.54, 1.807) is 22.8 Å². The van der Waals surface area contributed by atoms with Gasteiger partial charge in [-0.05, 0) is 48.3 Å². The number of rotatable bonds is 6. The van der Waals surface area contributed by atoms with Crippen LogP contribution in [0, 0.1) is 5.92 Å². The fourth-order valence-electron chi connectivity index (χ4n) is 3.03. The fraction of sp³-hybridized carbons (Fsp3) is 0.333. The summed E-state index contributed by atoms with van der Waals surface area (Å²) in [6.45, 7) is 2.28. The van der Waals surface area contributed by atoms with Crippen molar-refractivity contribution in [2.75, 3.05) is 11.1 Å². The van der Waals surface area contributed by atoms with E-state index in [9.17, 15) is 9.59 Å². The molecule has 0 fully saturated rings. The van der Waals surface area contributed by atoms with Crippen molar-refractivity contribution in [3.8, 4) is 10.8 Å². The maximum absolute atomic E-state index is 12.1. The van der Waals surface area contributed by atoms with Crippen molar-refractivity contribution in [3.05, 3.63) is 33.5 Å². The number of carbonyl (C=O) groups is 2. The van der Waals surface area contributed by atoms with Crippen molar-refractivity contribution in [2.45, 2.75) is 31.4 Å². The Labute approximate surface area is 173 Å². The van der Waals surface area contributed by atoms with E-state index >= 15 is 0 Å². The van der Waals surface area contributed by atoms with Gasteiger partial charge in [-0.1, -0.05) is 18.7 Å². The van der Waals surface area contributed by atoms with Crippen LogP contribution in [0.1, 0.15) is 34.1 Å². The highest BCUT2D eigenvalue weighted by Gasteiger charge is 2.21. The predicted molar refractivity (Wildman–Crippen MR) is 111 cm³/mol. The van der Waals surface area contributed by atoms with Gasteiger partial charge in [-0.15, -0.1) is 32.9 Å². The Bertz CT molecular complexity index is 1020. The normalized spacial score (nSPS) is 16.0. The highest BCUT2D eigenvalue weighted by atomic mass is 32.2. The van der Waals surface area contributed by atoms with E-state index in [0.29, 0.717) is 27.6 Å². The van der Waals surface area contributed by atoms with Crippen LogP contribution in [0.5, 0.6) is 0 Å². The van der Waals surface area contributed by atoms with Crippen molar-refractivity contribution in [1.29, 1.82) is 0 Å². The first-order chi connectivity index (χ1) is 13.5. The highest BCUT2D eigenvalue weighted by Crippen LogP contribution is 2.37. The van der Waals surface area contributed by atoms with Crippen LogP contribution in [0.25, 0.3) is 10.8 Å². The van der Waals surface area contributed by atoms with Gasteiger partial charge in [0.1, 0.15) is 5.00 Å². The third-order valence-corrected chi connectivity index (χ3v) is 7.30. The second kappa shape index (κ2) is 8.06. The molecule has 10 heteroatoms. The highest BCUT2D eigenvalue weighted by molar-refractivity contribution is 7.99. The molecule has 0 saturated heterocycles. The summed E-state index contributed by atoms with van der Waals surface area (Å²) >= 11 is 4.12. The molecule has 3 aromatic heterocycles. The van der Waals surface area contributed by atoms with Crippen molar-refractivity contribution >= 4 is 51.3 Å². The number of anilines is 1. The number of amides is 2. The molecule has 3 aromatic rings. The van der Waals surface area contributed by atoms with E-state index in [2.05, 4.69) is 28.5 Å². The fourth-order valence-corrected chi connectivity index (χ4v) is 5.70. The van der Waals surface area contributed by atoms with E-state index in [1.165, 1.54) is 28.2 Å². The van der Waals surface area contributed by atoms with Crippen LogP contribution in [0.4, 0.5) is 5.00 Å². The molecule has 0 bridgehead atoms. The molecular formula is C18H18N4O3S3. The molecule has 146 valence electrons. The summed E-state index contributed by atoms with van der Waals surface area (Å²) in [6.07, 6.45) is 3.41. The molecule has 7 nitrogen and oxygen atoms in total. The number of thiophene rings is 2. The molecule has 2 amide bonds. The van der Waals surface area contributed by atoms with Crippen LogP contribution < -0.4 is 11.1 Å². The average molecular weight is 435 g/mol. The SMILES string of the molecule is CC1CCc2cc(-c3nnc(SCC(=O)Nc4sccc4C(N)=O)o3)sc2C1. The first-order valence-electron chi connectivity index (χ1n) is 8.75. The molecule has 1 aliphatic carbocycles. The third-order valence-electron chi connectivity index (χ3n) is 4.46. The Kier molecular flexibility index (Phi) is 5.51. The molecule has 1 aliphatic rings. The van der Waals surface area contributed by atoms with Crippen molar-refractivity contribution in [1.82, 2.24) is 10.2 Å². The summed E-state index contributed by atoms with van der Waals surface area (Å²) in [6, 6.07) is 3.73. The minimum Gasteiger partial charge on any atom is -0.410 e. The van der Waals surface area contributed by atoms with Gasteiger partial charge in [-0.25, -0.2) is 0 Å². The average Bonchev–Trinajstić information content (AvgIpc) is 3.38. The van der Waals surface area contributed by atoms with Crippen molar-refractivity contribution < 1.29 is 14.0 Å². The number of aryl methyl sites for hydroxylation is 1. The lowest BCUT2D eigenvalue weighted by molar-refractivity contribution is -0.113. The van der Waals surface area contributed by atoms with Gasteiger partial charge in [0.2, 0.25) is 5.91 Å². The summed E-state index contributed by atoms with van der Waals surface area (Å²) in [5, 5.41) is 13.3.